The number of hydrogen-bond donors (Lipinski definition) is 2. The van der Waals surface area contributed by atoms with Crippen molar-refractivity contribution in [2.45, 2.75) is 0 Å². The average Bonchev–Trinajstić information content (AvgIpc) is 2.49. The van der Waals surface area contributed by atoms with Crippen LogP contribution in [0.3, 0.4) is 0 Å². The Hall–Kier alpha value is -2.47. The van der Waals surface area contributed by atoms with Gasteiger partial charge in [0, 0.05) is 11.8 Å². The van der Waals surface area contributed by atoms with Crippen LogP contribution in [0.5, 0.6) is 5.75 Å². The molecular weight excluding hydrogens is 289 g/mol. The summed E-state index contributed by atoms with van der Waals surface area (Å²) >= 11 is 5.11. The standard InChI is InChI=1S/C15H14FN3OS/c1-20-14-4-2-3-13(9-14)18-15(21)19-17-10-11-5-7-12(16)8-6-11/h2-10H,1H3,(H2,18,19,21)/b17-10-. The summed E-state index contributed by atoms with van der Waals surface area (Å²) < 4.78 is 17.9. The fraction of sp³-hybridized carbons (Fsp3) is 0.0667. The van der Waals surface area contributed by atoms with Gasteiger partial charge in [0.2, 0.25) is 0 Å². The predicted molar refractivity (Wildman–Crippen MR) is 86.3 cm³/mol. The zero-order valence-electron chi connectivity index (χ0n) is 11.3. The third kappa shape index (κ3) is 4.85. The van der Waals surface area contributed by atoms with Crippen molar-refractivity contribution >= 4 is 29.2 Å². The Bertz CT molecular complexity index is 644. The van der Waals surface area contributed by atoms with E-state index in [4.69, 9.17) is 17.0 Å². The number of ether oxygens (including phenoxy) is 1. The van der Waals surface area contributed by atoms with Gasteiger partial charge in [0.1, 0.15) is 11.6 Å². The molecule has 0 aromatic heterocycles. The van der Waals surface area contributed by atoms with Crippen LogP contribution in [0, 0.1) is 5.82 Å². The summed E-state index contributed by atoms with van der Waals surface area (Å²) in [4.78, 5) is 0. The Morgan fingerprint density at radius 1 is 1.24 bits per heavy atom. The summed E-state index contributed by atoms with van der Waals surface area (Å²) in [6, 6.07) is 13.4. The van der Waals surface area contributed by atoms with Crippen molar-refractivity contribution in [1.29, 1.82) is 0 Å². The molecule has 0 aliphatic rings. The fourth-order valence-corrected chi connectivity index (χ4v) is 1.74. The average molecular weight is 303 g/mol. The smallest absolute Gasteiger partial charge is 0.191 e. The van der Waals surface area contributed by atoms with Crippen LogP contribution in [0.25, 0.3) is 0 Å². The maximum atomic E-state index is 12.7. The van der Waals surface area contributed by atoms with Gasteiger partial charge in [0.15, 0.2) is 5.11 Å². The number of benzene rings is 2. The summed E-state index contributed by atoms with van der Waals surface area (Å²) in [7, 11) is 1.60. The lowest BCUT2D eigenvalue weighted by atomic mass is 10.2. The summed E-state index contributed by atoms with van der Waals surface area (Å²) in [5.74, 6) is 0.452. The number of hydrazone groups is 1. The zero-order valence-corrected chi connectivity index (χ0v) is 12.2. The van der Waals surface area contributed by atoms with Gasteiger partial charge < -0.3 is 10.1 Å². The van der Waals surface area contributed by atoms with E-state index in [1.807, 2.05) is 24.3 Å². The molecule has 6 heteroatoms. The molecule has 21 heavy (non-hydrogen) atoms. The molecular formula is C15H14FN3OS. The lowest BCUT2D eigenvalue weighted by Gasteiger charge is -2.08. The van der Waals surface area contributed by atoms with Gasteiger partial charge in [-0.15, -0.1) is 0 Å². The van der Waals surface area contributed by atoms with Gasteiger partial charge >= 0.3 is 0 Å². The maximum absolute atomic E-state index is 12.7. The van der Waals surface area contributed by atoms with E-state index >= 15 is 0 Å². The zero-order chi connectivity index (χ0) is 15.1. The van der Waals surface area contributed by atoms with Crippen LogP contribution >= 0.6 is 12.2 Å². The summed E-state index contributed by atoms with van der Waals surface area (Å²) in [5.41, 5.74) is 4.25. The van der Waals surface area contributed by atoms with Crippen LogP contribution in [0.1, 0.15) is 5.56 Å². The van der Waals surface area contributed by atoms with Gasteiger partial charge in [-0.2, -0.15) is 5.10 Å². The van der Waals surface area contributed by atoms with Gasteiger partial charge in [-0.3, -0.25) is 5.43 Å². The van der Waals surface area contributed by atoms with E-state index < -0.39 is 0 Å². The third-order valence-electron chi connectivity index (χ3n) is 2.58. The Kier molecular flexibility index (Phi) is 5.22. The highest BCUT2D eigenvalue weighted by atomic mass is 32.1. The Morgan fingerprint density at radius 3 is 2.71 bits per heavy atom. The summed E-state index contributed by atoms with van der Waals surface area (Å²) in [5, 5.41) is 7.30. The first kappa shape index (κ1) is 14.9. The molecule has 0 saturated heterocycles. The van der Waals surface area contributed by atoms with Crippen molar-refractivity contribution in [2.24, 2.45) is 5.10 Å². The van der Waals surface area contributed by atoms with Crippen LogP contribution < -0.4 is 15.5 Å². The van der Waals surface area contributed by atoms with Gasteiger partial charge in [-0.25, -0.2) is 4.39 Å². The van der Waals surface area contributed by atoms with Gasteiger partial charge in [0.25, 0.3) is 0 Å². The molecule has 0 atom stereocenters. The SMILES string of the molecule is COc1cccc(NC(=S)N/N=C\c2ccc(F)cc2)c1. The molecule has 0 saturated carbocycles. The topological polar surface area (TPSA) is 45.6 Å². The molecule has 2 aromatic rings. The molecule has 4 nitrogen and oxygen atoms in total. The quantitative estimate of drug-likeness (QED) is 0.517. The Labute approximate surface area is 127 Å². The summed E-state index contributed by atoms with van der Waals surface area (Å²) in [6.45, 7) is 0. The van der Waals surface area contributed by atoms with Crippen LogP contribution in [0.15, 0.2) is 53.6 Å². The number of methoxy groups -OCH3 is 1. The Morgan fingerprint density at radius 2 is 2.00 bits per heavy atom. The molecule has 2 aromatic carbocycles. The minimum Gasteiger partial charge on any atom is -0.497 e. The minimum atomic E-state index is -0.282. The lowest BCUT2D eigenvalue weighted by Crippen LogP contribution is -2.23. The number of hydrogen-bond acceptors (Lipinski definition) is 3. The van der Waals surface area contributed by atoms with E-state index in [0.717, 1.165) is 17.0 Å². The largest absolute Gasteiger partial charge is 0.497 e. The second-order valence-corrected chi connectivity index (χ2v) is 4.52. The number of nitrogens with one attached hydrogen (secondary N) is 2. The highest BCUT2D eigenvalue weighted by Gasteiger charge is 1.98. The maximum Gasteiger partial charge on any atom is 0.191 e. The third-order valence-corrected chi connectivity index (χ3v) is 2.77. The molecule has 0 radical (unpaired) electrons. The van der Waals surface area contributed by atoms with Gasteiger partial charge in [-0.05, 0) is 42.0 Å². The van der Waals surface area contributed by atoms with E-state index in [0.29, 0.717) is 5.11 Å². The molecule has 0 fully saturated rings. The van der Waals surface area contributed by atoms with Gasteiger partial charge in [-0.1, -0.05) is 18.2 Å². The molecule has 0 spiro atoms. The van der Waals surface area contributed by atoms with Crippen molar-refractivity contribution in [3.63, 3.8) is 0 Å². The number of nitrogens with zero attached hydrogens (tertiary/aromatic N) is 1. The molecule has 0 amide bonds. The number of rotatable bonds is 4. The van der Waals surface area contributed by atoms with E-state index in [1.54, 1.807) is 25.5 Å². The molecule has 0 unspecified atom stereocenters. The first-order valence-electron chi connectivity index (χ1n) is 6.17. The second-order valence-electron chi connectivity index (χ2n) is 4.11. The first-order valence-corrected chi connectivity index (χ1v) is 6.58. The molecule has 0 bridgehead atoms. The second kappa shape index (κ2) is 7.35. The van der Waals surface area contributed by atoms with E-state index in [2.05, 4.69) is 15.8 Å². The number of halogens is 1. The van der Waals surface area contributed by atoms with Crippen LogP contribution in [0.4, 0.5) is 10.1 Å². The minimum absolute atomic E-state index is 0.282. The summed E-state index contributed by atoms with van der Waals surface area (Å²) in [6.07, 6.45) is 1.55. The van der Waals surface area contributed by atoms with Crippen LogP contribution in [0.2, 0.25) is 0 Å². The molecule has 0 aliphatic carbocycles. The predicted octanol–water partition coefficient (Wildman–Crippen LogP) is 3.15. The highest BCUT2D eigenvalue weighted by Crippen LogP contribution is 2.16. The van der Waals surface area contributed by atoms with E-state index in [-0.39, 0.29) is 5.82 Å². The molecule has 2 N–H and O–H groups in total. The number of anilines is 1. The molecule has 0 heterocycles. The molecule has 0 aliphatic heterocycles. The fourth-order valence-electron chi connectivity index (χ4n) is 1.57. The van der Waals surface area contributed by atoms with E-state index in [1.165, 1.54) is 12.1 Å². The monoisotopic (exact) mass is 303 g/mol. The van der Waals surface area contributed by atoms with Crippen LogP contribution in [-0.4, -0.2) is 18.4 Å². The van der Waals surface area contributed by atoms with Crippen molar-refractivity contribution in [1.82, 2.24) is 5.43 Å². The molecule has 2 rings (SSSR count). The van der Waals surface area contributed by atoms with Crippen molar-refractivity contribution < 1.29 is 9.13 Å². The normalized spacial score (nSPS) is 10.4. The number of thiocarbonyl (C=S) groups is 1. The lowest BCUT2D eigenvalue weighted by molar-refractivity contribution is 0.415. The molecule has 108 valence electrons. The van der Waals surface area contributed by atoms with Crippen molar-refractivity contribution in [3.8, 4) is 5.75 Å². The van der Waals surface area contributed by atoms with Crippen molar-refractivity contribution in [3.05, 3.63) is 59.9 Å². The van der Waals surface area contributed by atoms with Crippen LogP contribution in [-0.2, 0) is 0 Å². The van der Waals surface area contributed by atoms with E-state index in [9.17, 15) is 4.39 Å². The highest BCUT2D eigenvalue weighted by molar-refractivity contribution is 7.80. The Balaban J connectivity index is 1.88. The van der Waals surface area contributed by atoms with Gasteiger partial charge in [0.05, 0.1) is 13.3 Å². The first-order chi connectivity index (χ1) is 10.2. The van der Waals surface area contributed by atoms with Crippen molar-refractivity contribution in [2.75, 3.05) is 12.4 Å².